The lowest BCUT2D eigenvalue weighted by Crippen LogP contribution is -2.49. The number of nitrogens with zero attached hydrogens (tertiary/aromatic N) is 1. The molecular weight excluding hydrogens is 412 g/mol. The fourth-order valence-corrected chi connectivity index (χ4v) is 4.70. The molecule has 0 aromatic heterocycles. The molecule has 0 spiro atoms. The van der Waals surface area contributed by atoms with Crippen LogP contribution in [-0.2, 0) is 21.2 Å². The zero-order valence-corrected chi connectivity index (χ0v) is 19.9. The van der Waals surface area contributed by atoms with E-state index in [0.717, 1.165) is 36.0 Å². The van der Waals surface area contributed by atoms with Crippen molar-refractivity contribution in [3.63, 3.8) is 0 Å². The molecule has 0 saturated heterocycles. The van der Waals surface area contributed by atoms with E-state index in [9.17, 15) is 13.2 Å². The normalized spacial score (nSPS) is 12.5. The molecule has 2 aromatic carbocycles. The lowest BCUT2D eigenvalue weighted by Gasteiger charge is -2.30. The number of nitrogens with one attached hydrogen (secondary N) is 1. The molecule has 0 fully saturated rings. The lowest BCUT2D eigenvalue weighted by molar-refractivity contribution is -0.122. The Morgan fingerprint density at radius 1 is 1.13 bits per heavy atom. The molecule has 1 N–H and O–H groups in total. The summed E-state index contributed by atoms with van der Waals surface area (Å²) in [7, 11) is -3.62. The summed E-state index contributed by atoms with van der Waals surface area (Å²) >= 11 is 0. The Balaban J connectivity index is 2.00. The predicted octanol–water partition coefficient (Wildman–Crippen LogP) is 4.08. The summed E-state index contributed by atoms with van der Waals surface area (Å²) in [5.74, 6) is 0.552. The van der Waals surface area contributed by atoms with E-state index in [4.69, 9.17) is 4.74 Å². The molecule has 0 saturated carbocycles. The Kier molecular flexibility index (Phi) is 8.92. The molecule has 0 radical (unpaired) electrons. The quantitative estimate of drug-likeness (QED) is 0.528. The van der Waals surface area contributed by atoms with E-state index in [1.165, 1.54) is 4.31 Å². The molecule has 0 bridgehead atoms. The van der Waals surface area contributed by atoms with Crippen molar-refractivity contribution >= 4 is 21.6 Å². The fraction of sp³-hybridized carbons (Fsp3) is 0.458. The standard InChI is InChI=1S/C24H34N2O4S/c1-6-23(26(31(5,28)29)21-13-7-10-19(4)16-21)24(27)25-15-9-12-20-11-8-14-22(17-20)30-18(2)3/h7-8,10-11,13-14,16-18,23H,6,9,12,15H2,1-5H3,(H,25,27). The van der Waals surface area contributed by atoms with Crippen molar-refractivity contribution in [1.82, 2.24) is 5.32 Å². The maximum atomic E-state index is 12.9. The number of hydrogen-bond acceptors (Lipinski definition) is 4. The molecule has 170 valence electrons. The Labute approximate surface area is 186 Å². The number of amides is 1. The summed E-state index contributed by atoms with van der Waals surface area (Å²) in [5.41, 5.74) is 2.58. The van der Waals surface area contributed by atoms with Crippen LogP contribution in [-0.4, -0.2) is 39.3 Å². The number of aryl methyl sites for hydroxylation is 2. The van der Waals surface area contributed by atoms with E-state index in [1.807, 2.05) is 58.0 Å². The van der Waals surface area contributed by atoms with Crippen LogP contribution in [0.2, 0.25) is 0 Å². The van der Waals surface area contributed by atoms with Crippen LogP contribution in [0.25, 0.3) is 0 Å². The number of hydrogen-bond donors (Lipinski definition) is 1. The van der Waals surface area contributed by atoms with Crippen LogP contribution < -0.4 is 14.4 Å². The molecule has 0 aliphatic carbocycles. The van der Waals surface area contributed by atoms with Crippen LogP contribution >= 0.6 is 0 Å². The van der Waals surface area contributed by atoms with Gasteiger partial charge in [0.05, 0.1) is 18.0 Å². The highest BCUT2D eigenvalue weighted by atomic mass is 32.2. The molecule has 0 aliphatic heterocycles. The van der Waals surface area contributed by atoms with Gasteiger partial charge in [0.2, 0.25) is 15.9 Å². The van der Waals surface area contributed by atoms with Gasteiger partial charge in [0.15, 0.2) is 0 Å². The number of carbonyl (C=O) groups is 1. The van der Waals surface area contributed by atoms with E-state index in [-0.39, 0.29) is 12.0 Å². The van der Waals surface area contributed by atoms with Crippen LogP contribution in [0.4, 0.5) is 5.69 Å². The van der Waals surface area contributed by atoms with Gasteiger partial charge in [-0.1, -0.05) is 31.2 Å². The fourth-order valence-electron chi connectivity index (χ4n) is 3.49. The molecule has 31 heavy (non-hydrogen) atoms. The Morgan fingerprint density at radius 2 is 1.84 bits per heavy atom. The Morgan fingerprint density at radius 3 is 2.45 bits per heavy atom. The van der Waals surface area contributed by atoms with Gasteiger partial charge >= 0.3 is 0 Å². The molecule has 0 aliphatic rings. The highest BCUT2D eigenvalue weighted by molar-refractivity contribution is 7.92. The smallest absolute Gasteiger partial charge is 0.243 e. The predicted molar refractivity (Wildman–Crippen MR) is 126 cm³/mol. The van der Waals surface area contributed by atoms with E-state index < -0.39 is 16.1 Å². The van der Waals surface area contributed by atoms with Gasteiger partial charge < -0.3 is 10.1 Å². The minimum atomic E-state index is -3.62. The van der Waals surface area contributed by atoms with Crippen molar-refractivity contribution in [3.05, 3.63) is 59.7 Å². The number of ether oxygens (including phenoxy) is 1. The second kappa shape index (κ2) is 11.2. The van der Waals surface area contributed by atoms with Gasteiger partial charge in [0.25, 0.3) is 0 Å². The van der Waals surface area contributed by atoms with Gasteiger partial charge in [-0.05, 0) is 75.4 Å². The van der Waals surface area contributed by atoms with Gasteiger partial charge in [0, 0.05) is 6.54 Å². The third-order valence-corrected chi connectivity index (χ3v) is 5.98. The number of sulfonamides is 1. The third-order valence-electron chi connectivity index (χ3n) is 4.80. The van der Waals surface area contributed by atoms with Crippen LogP contribution in [0, 0.1) is 6.92 Å². The maximum Gasteiger partial charge on any atom is 0.243 e. The first-order valence-electron chi connectivity index (χ1n) is 10.7. The molecular formula is C24H34N2O4S. The minimum absolute atomic E-state index is 0.117. The molecule has 0 heterocycles. The van der Waals surface area contributed by atoms with Crippen LogP contribution in [0.1, 0.15) is 44.7 Å². The van der Waals surface area contributed by atoms with Crippen molar-refractivity contribution in [2.75, 3.05) is 17.1 Å². The summed E-state index contributed by atoms with van der Waals surface area (Å²) < 4.78 is 32.0. The average molecular weight is 447 g/mol. The average Bonchev–Trinajstić information content (AvgIpc) is 2.68. The van der Waals surface area contributed by atoms with Gasteiger partial charge in [-0.25, -0.2) is 8.42 Å². The highest BCUT2D eigenvalue weighted by Gasteiger charge is 2.31. The van der Waals surface area contributed by atoms with E-state index in [0.29, 0.717) is 18.7 Å². The second-order valence-corrected chi connectivity index (χ2v) is 9.89. The highest BCUT2D eigenvalue weighted by Crippen LogP contribution is 2.23. The number of benzene rings is 2. The van der Waals surface area contributed by atoms with Crippen LogP contribution in [0.3, 0.4) is 0 Å². The second-order valence-electron chi connectivity index (χ2n) is 8.03. The first-order chi connectivity index (χ1) is 14.6. The van der Waals surface area contributed by atoms with Crippen LogP contribution in [0.5, 0.6) is 5.75 Å². The molecule has 1 unspecified atom stereocenters. The minimum Gasteiger partial charge on any atom is -0.491 e. The van der Waals surface area contributed by atoms with Gasteiger partial charge in [-0.2, -0.15) is 0 Å². The molecule has 1 atom stereocenters. The molecule has 6 nitrogen and oxygen atoms in total. The topological polar surface area (TPSA) is 75.7 Å². The molecule has 2 aromatic rings. The summed E-state index contributed by atoms with van der Waals surface area (Å²) in [6.07, 6.45) is 3.17. The van der Waals surface area contributed by atoms with Crippen molar-refractivity contribution < 1.29 is 17.9 Å². The molecule has 7 heteroatoms. The number of anilines is 1. The SMILES string of the molecule is CCC(C(=O)NCCCc1cccc(OC(C)C)c1)N(c1cccc(C)c1)S(C)(=O)=O. The van der Waals surface area contributed by atoms with E-state index in [2.05, 4.69) is 5.32 Å². The number of rotatable bonds is 11. The summed E-state index contributed by atoms with van der Waals surface area (Å²) in [5, 5.41) is 2.91. The van der Waals surface area contributed by atoms with Crippen molar-refractivity contribution in [2.24, 2.45) is 0 Å². The summed E-state index contributed by atoms with van der Waals surface area (Å²) in [6.45, 7) is 8.16. The van der Waals surface area contributed by atoms with Crippen molar-refractivity contribution in [2.45, 2.75) is 59.1 Å². The maximum absolute atomic E-state index is 12.9. The largest absolute Gasteiger partial charge is 0.491 e. The first-order valence-corrected chi connectivity index (χ1v) is 12.6. The molecule has 1 amide bonds. The van der Waals surface area contributed by atoms with Crippen molar-refractivity contribution in [3.8, 4) is 5.75 Å². The van der Waals surface area contributed by atoms with E-state index in [1.54, 1.807) is 18.2 Å². The Hall–Kier alpha value is -2.54. The lowest BCUT2D eigenvalue weighted by atomic mass is 10.1. The third kappa shape index (κ3) is 7.58. The zero-order valence-electron chi connectivity index (χ0n) is 19.1. The van der Waals surface area contributed by atoms with Gasteiger partial charge in [0.1, 0.15) is 11.8 Å². The van der Waals surface area contributed by atoms with Crippen LogP contribution in [0.15, 0.2) is 48.5 Å². The van der Waals surface area contributed by atoms with Gasteiger partial charge in [-0.15, -0.1) is 0 Å². The van der Waals surface area contributed by atoms with Crippen molar-refractivity contribution in [1.29, 1.82) is 0 Å². The summed E-state index contributed by atoms with van der Waals surface area (Å²) in [4.78, 5) is 12.9. The monoisotopic (exact) mass is 446 g/mol. The Bertz CT molecular complexity index is 973. The van der Waals surface area contributed by atoms with E-state index >= 15 is 0 Å². The first kappa shape index (κ1) is 24.7. The van der Waals surface area contributed by atoms with Gasteiger partial charge in [-0.3, -0.25) is 9.10 Å². The number of carbonyl (C=O) groups excluding carboxylic acids is 1. The molecule has 2 rings (SSSR count). The zero-order chi connectivity index (χ0) is 23.0. The summed E-state index contributed by atoms with van der Waals surface area (Å²) in [6, 6.07) is 14.3.